The Morgan fingerprint density at radius 1 is 1.45 bits per heavy atom. The number of aromatic nitrogens is 2. The van der Waals surface area contributed by atoms with Gasteiger partial charge in [0.1, 0.15) is 5.82 Å². The second-order valence-corrected chi connectivity index (χ2v) is 5.99. The van der Waals surface area contributed by atoms with E-state index in [0.29, 0.717) is 30.2 Å². The van der Waals surface area contributed by atoms with E-state index in [1.165, 1.54) is 12.1 Å². The summed E-state index contributed by atoms with van der Waals surface area (Å²) in [7, 11) is 0. The van der Waals surface area contributed by atoms with Crippen LogP contribution in [0.1, 0.15) is 56.0 Å². The molecule has 0 saturated heterocycles. The van der Waals surface area contributed by atoms with Crippen LogP contribution < -0.4 is 4.90 Å². The fourth-order valence-electron chi connectivity index (χ4n) is 2.73. The molecule has 2 aromatic rings. The molecule has 118 valence electrons. The first kappa shape index (κ1) is 15.0. The molecule has 5 nitrogen and oxygen atoms in total. The SMILES string of the molecule is CC(C)c1nc(CN2CCC[C@H](O)c3cc(F)ccc32)no1. The zero-order chi connectivity index (χ0) is 15.7. The molecule has 0 unspecified atom stereocenters. The molecule has 6 heteroatoms. The number of aliphatic hydroxyl groups is 1. The molecule has 1 aliphatic rings. The lowest BCUT2D eigenvalue weighted by molar-refractivity contribution is 0.168. The zero-order valence-corrected chi connectivity index (χ0v) is 12.8. The predicted octanol–water partition coefficient (Wildman–Crippen LogP) is 3.17. The van der Waals surface area contributed by atoms with E-state index in [-0.39, 0.29) is 11.7 Å². The molecule has 0 saturated carbocycles. The summed E-state index contributed by atoms with van der Waals surface area (Å²) in [6.07, 6.45) is 0.815. The molecule has 1 aromatic carbocycles. The van der Waals surface area contributed by atoms with Crippen molar-refractivity contribution in [1.82, 2.24) is 10.1 Å². The maximum absolute atomic E-state index is 13.5. The third-order valence-electron chi connectivity index (χ3n) is 3.90. The Hall–Kier alpha value is -1.95. The minimum absolute atomic E-state index is 0.189. The molecule has 3 rings (SSSR count). The van der Waals surface area contributed by atoms with Crippen LogP contribution in [0.25, 0.3) is 0 Å². The average molecular weight is 305 g/mol. The number of halogens is 1. The molecule has 0 bridgehead atoms. The van der Waals surface area contributed by atoms with E-state index in [1.54, 1.807) is 6.07 Å². The molecule has 0 spiro atoms. The standard InChI is InChI=1S/C16H20FN3O2/c1-10(2)16-18-15(19-22-16)9-20-7-3-4-14(21)12-8-11(17)5-6-13(12)20/h5-6,8,10,14,21H,3-4,7,9H2,1-2H3/t14-/m0/s1. The lowest BCUT2D eigenvalue weighted by Crippen LogP contribution is -2.24. The predicted molar refractivity (Wildman–Crippen MR) is 80.0 cm³/mol. The normalized spacial score (nSPS) is 18.4. The maximum Gasteiger partial charge on any atom is 0.229 e. The number of aliphatic hydroxyl groups excluding tert-OH is 1. The Balaban J connectivity index is 1.88. The van der Waals surface area contributed by atoms with Crippen LogP contribution in [-0.4, -0.2) is 21.8 Å². The first-order chi connectivity index (χ1) is 10.5. The molecule has 2 heterocycles. The van der Waals surface area contributed by atoms with Crippen LogP contribution >= 0.6 is 0 Å². The fourth-order valence-corrected chi connectivity index (χ4v) is 2.73. The summed E-state index contributed by atoms with van der Waals surface area (Å²) >= 11 is 0. The van der Waals surface area contributed by atoms with E-state index in [4.69, 9.17) is 4.52 Å². The molecule has 0 radical (unpaired) electrons. The van der Waals surface area contributed by atoms with Crippen molar-refractivity contribution in [2.45, 2.75) is 45.3 Å². The molecule has 1 aliphatic heterocycles. The van der Waals surface area contributed by atoms with Crippen LogP contribution in [0.3, 0.4) is 0 Å². The highest BCUT2D eigenvalue weighted by molar-refractivity contribution is 5.55. The van der Waals surface area contributed by atoms with Gasteiger partial charge in [-0.2, -0.15) is 4.98 Å². The highest BCUT2D eigenvalue weighted by atomic mass is 19.1. The number of hydrogen-bond donors (Lipinski definition) is 1. The van der Waals surface area contributed by atoms with E-state index in [2.05, 4.69) is 15.0 Å². The van der Waals surface area contributed by atoms with Gasteiger partial charge in [-0.15, -0.1) is 0 Å². The van der Waals surface area contributed by atoms with Crippen LogP contribution in [0, 0.1) is 5.82 Å². The van der Waals surface area contributed by atoms with Crippen LogP contribution in [0.5, 0.6) is 0 Å². The number of fused-ring (bicyclic) bond motifs is 1. The molecular formula is C16H20FN3O2. The third kappa shape index (κ3) is 2.97. The molecule has 1 aromatic heterocycles. The van der Waals surface area contributed by atoms with Gasteiger partial charge in [-0.1, -0.05) is 19.0 Å². The lowest BCUT2D eigenvalue weighted by Gasteiger charge is -2.23. The molecule has 0 amide bonds. The largest absolute Gasteiger partial charge is 0.388 e. The smallest absolute Gasteiger partial charge is 0.229 e. The summed E-state index contributed by atoms with van der Waals surface area (Å²) < 4.78 is 18.7. The summed E-state index contributed by atoms with van der Waals surface area (Å²) in [5.74, 6) is 1.08. The number of anilines is 1. The number of rotatable bonds is 3. The van der Waals surface area contributed by atoms with Gasteiger partial charge in [0.25, 0.3) is 0 Å². The molecule has 22 heavy (non-hydrogen) atoms. The molecule has 1 N–H and O–H groups in total. The summed E-state index contributed by atoms with van der Waals surface area (Å²) in [6.45, 7) is 5.25. The van der Waals surface area contributed by atoms with E-state index in [1.807, 2.05) is 13.8 Å². The van der Waals surface area contributed by atoms with Gasteiger partial charge in [0.05, 0.1) is 12.6 Å². The second-order valence-electron chi connectivity index (χ2n) is 5.99. The maximum atomic E-state index is 13.5. The highest BCUT2D eigenvalue weighted by Gasteiger charge is 2.23. The Bertz CT molecular complexity index is 657. The van der Waals surface area contributed by atoms with Gasteiger partial charge in [0.15, 0.2) is 5.82 Å². The van der Waals surface area contributed by atoms with E-state index in [0.717, 1.165) is 18.7 Å². The van der Waals surface area contributed by atoms with Gasteiger partial charge in [-0.25, -0.2) is 4.39 Å². The van der Waals surface area contributed by atoms with Crippen molar-refractivity contribution in [2.75, 3.05) is 11.4 Å². The zero-order valence-electron chi connectivity index (χ0n) is 12.8. The van der Waals surface area contributed by atoms with Gasteiger partial charge in [0.2, 0.25) is 5.89 Å². The Kier molecular flexibility index (Phi) is 4.11. The summed E-state index contributed by atoms with van der Waals surface area (Å²) in [5, 5.41) is 14.2. The van der Waals surface area contributed by atoms with Gasteiger partial charge >= 0.3 is 0 Å². The molecule has 1 atom stereocenters. The van der Waals surface area contributed by atoms with Crippen molar-refractivity contribution in [3.05, 3.63) is 41.3 Å². The van der Waals surface area contributed by atoms with Gasteiger partial charge in [-0.05, 0) is 31.0 Å². The van der Waals surface area contributed by atoms with Crippen molar-refractivity contribution in [3.63, 3.8) is 0 Å². The molecular weight excluding hydrogens is 285 g/mol. The Labute approximate surface area is 128 Å². The first-order valence-electron chi connectivity index (χ1n) is 7.59. The van der Waals surface area contributed by atoms with Gasteiger partial charge in [-0.3, -0.25) is 0 Å². The summed E-state index contributed by atoms with van der Waals surface area (Å²) in [5.41, 5.74) is 1.47. The van der Waals surface area contributed by atoms with Gasteiger partial charge < -0.3 is 14.5 Å². The number of nitrogens with zero attached hydrogens (tertiary/aromatic N) is 3. The molecule has 0 fully saturated rings. The number of benzene rings is 1. The topological polar surface area (TPSA) is 62.4 Å². The van der Waals surface area contributed by atoms with Crippen LogP contribution in [0.15, 0.2) is 22.7 Å². The van der Waals surface area contributed by atoms with E-state index >= 15 is 0 Å². The average Bonchev–Trinajstić information content (AvgIpc) is 2.89. The molecule has 0 aliphatic carbocycles. The van der Waals surface area contributed by atoms with E-state index in [9.17, 15) is 9.50 Å². The minimum atomic E-state index is -0.632. The number of hydrogen-bond acceptors (Lipinski definition) is 5. The third-order valence-corrected chi connectivity index (χ3v) is 3.90. The minimum Gasteiger partial charge on any atom is -0.388 e. The highest BCUT2D eigenvalue weighted by Crippen LogP contribution is 2.34. The quantitative estimate of drug-likeness (QED) is 0.943. The van der Waals surface area contributed by atoms with Crippen molar-refractivity contribution in [3.8, 4) is 0 Å². The van der Waals surface area contributed by atoms with Crippen molar-refractivity contribution >= 4 is 5.69 Å². The summed E-state index contributed by atoms with van der Waals surface area (Å²) in [6, 6.07) is 4.54. The Morgan fingerprint density at radius 3 is 3.00 bits per heavy atom. The lowest BCUT2D eigenvalue weighted by atomic mass is 10.0. The second kappa shape index (κ2) is 6.04. The van der Waals surface area contributed by atoms with Crippen molar-refractivity contribution in [1.29, 1.82) is 0 Å². The van der Waals surface area contributed by atoms with Crippen LogP contribution in [-0.2, 0) is 6.54 Å². The van der Waals surface area contributed by atoms with Crippen LogP contribution in [0.4, 0.5) is 10.1 Å². The van der Waals surface area contributed by atoms with Crippen molar-refractivity contribution < 1.29 is 14.0 Å². The fraction of sp³-hybridized carbons (Fsp3) is 0.500. The van der Waals surface area contributed by atoms with Gasteiger partial charge in [0, 0.05) is 23.7 Å². The van der Waals surface area contributed by atoms with Crippen molar-refractivity contribution in [2.24, 2.45) is 0 Å². The van der Waals surface area contributed by atoms with Crippen LogP contribution in [0.2, 0.25) is 0 Å². The van der Waals surface area contributed by atoms with E-state index < -0.39 is 6.10 Å². The monoisotopic (exact) mass is 305 g/mol. The first-order valence-corrected chi connectivity index (χ1v) is 7.59. The summed E-state index contributed by atoms with van der Waals surface area (Å²) in [4.78, 5) is 6.46. The Morgan fingerprint density at radius 2 is 2.27 bits per heavy atom.